The number of nitrogens with two attached hydrogens (primary N) is 1. The van der Waals surface area contributed by atoms with Crippen molar-refractivity contribution in [2.24, 2.45) is 0 Å². The Bertz CT molecular complexity index is 333. The second kappa shape index (κ2) is 3.98. The quantitative estimate of drug-likeness (QED) is 0.820. The Morgan fingerprint density at radius 3 is 2.80 bits per heavy atom. The number of nitrogen functional groups attached to an aromatic ring is 1. The number of hydrogen-bond donors (Lipinski definition) is 2. The van der Waals surface area contributed by atoms with Gasteiger partial charge in [0.2, 0.25) is 0 Å². The van der Waals surface area contributed by atoms with Gasteiger partial charge < -0.3 is 15.7 Å². The van der Waals surface area contributed by atoms with Gasteiger partial charge in [-0.2, -0.15) is 4.37 Å². The fourth-order valence-corrected chi connectivity index (χ4v) is 2.80. The highest BCUT2D eigenvalue weighted by atomic mass is 32.1. The first-order chi connectivity index (χ1) is 7.09. The van der Waals surface area contributed by atoms with Crippen LogP contribution in [0, 0.1) is 0 Å². The Morgan fingerprint density at radius 2 is 2.27 bits per heavy atom. The normalized spacial score (nSPS) is 19.3. The first-order valence-electron chi connectivity index (χ1n) is 5.25. The minimum absolute atomic E-state index is 0.506. The fourth-order valence-electron chi connectivity index (χ4n) is 2.17. The summed E-state index contributed by atoms with van der Waals surface area (Å²) in [6.07, 6.45) is 4.08. The molecule has 0 radical (unpaired) electrons. The third kappa shape index (κ3) is 2.41. The van der Waals surface area contributed by atoms with Crippen molar-refractivity contribution in [3.05, 3.63) is 6.07 Å². The average molecular weight is 227 g/mol. The summed E-state index contributed by atoms with van der Waals surface area (Å²) in [5.74, 6) is 0.556. The zero-order valence-electron chi connectivity index (χ0n) is 8.94. The van der Waals surface area contributed by atoms with E-state index in [0.29, 0.717) is 12.4 Å². The van der Waals surface area contributed by atoms with Crippen molar-refractivity contribution >= 4 is 22.4 Å². The smallest absolute Gasteiger partial charge is 0.139 e. The Labute approximate surface area is 93.9 Å². The molecule has 1 aromatic heterocycles. The van der Waals surface area contributed by atoms with Crippen LogP contribution in [0.25, 0.3) is 0 Å². The molecular formula is C10H17N3OS. The zero-order valence-corrected chi connectivity index (χ0v) is 9.76. The van der Waals surface area contributed by atoms with E-state index >= 15 is 0 Å². The van der Waals surface area contributed by atoms with Crippen LogP contribution in [-0.2, 0) is 0 Å². The molecule has 1 aliphatic carbocycles. The number of aromatic nitrogens is 1. The third-order valence-corrected chi connectivity index (χ3v) is 3.88. The minimum atomic E-state index is -0.506. The van der Waals surface area contributed by atoms with Crippen LogP contribution >= 0.6 is 11.5 Å². The lowest BCUT2D eigenvalue weighted by atomic mass is 10.0. The molecule has 1 heterocycles. The molecular weight excluding hydrogens is 210 g/mol. The monoisotopic (exact) mass is 227 g/mol. The highest BCUT2D eigenvalue weighted by Gasteiger charge is 2.32. The molecule has 0 saturated heterocycles. The van der Waals surface area contributed by atoms with Crippen LogP contribution in [0.2, 0.25) is 0 Å². The lowest BCUT2D eigenvalue weighted by molar-refractivity contribution is 0.0560. The maximum atomic E-state index is 10.2. The van der Waals surface area contributed by atoms with Gasteiger partial charge in [0.15, 0.2) is 0 Å². The van der Waals surface area contributed by atoms with Crippen LogP contribution in [0.5, 0.6) is 0 Å². The van der Waals surface area contributed by atoms with Gasteiger partial charge in [0.25, 0.3) is 0 Å². The van der Waals surface area contributed by atoms with E-state index in [0.717, 1.165) is 30.7 Å². The van der Waals surface area contributed by atoms with Gasteiger partial charge in [-0.3, -0.25) is 0 Å². The van der Waals surface area contributed by atoms with E-state index in [1.807, 2.05) is 18.0 Å². The molecule has 1 saturated carbocycles. The van der Waals surface area contributed by atoms with E-state index in [2.05, 4.69) is 4.37 Å². The van der Waals surface area contributed by atoms with E-state index in [4.69, 9.17) is 5.73 Å². The number of aliphatic hydroxyl groups is 1. The Morgan fingerprint density at radius 1 is 1.60 bits per heavy atom. The molecule has 0 spiro atoms. The minimum Gasteiger partial charge on any atom is -0.388 e. The summed E-state index contributed by atoms with van der Waals surface area (Å²) in [6, 6.07) is 1.85. The van der Waals surface area contributed by atoms with Gasteiger partial charge in [0, 0.05) is 19.7 Å². The van der Waals surface area contributed by atoms with Gasteiger partial charge in [-0.1, -0.05) is 12.8 Å². The molecule has 3 N–H and O–H groups in total. The SMILES string of the molecule is CN(CC1(O)CCCC1)c1cc(N)ns1. The molecule has 1 aliphatic rings. The molecule has 2 rings (SSSR count). The highest BCUT2D eigenvalue weighted by Crippen LogP contribution is 2.32. The third-order valence-electron chi connectivity index (χ3n) is 2.96. The van der Waals surface area contributed by atoms with Gasteiger partial charge >= 0.3 is 0 Å². The summed E-state index contributed by atoms with van der Waals surface area (Å²) in [7, 11) is 1.98. The number of anilines is 2. The molecule has 84 valence electrons. The lowest BCUT2D eigenvalue weighted by Crippen LogP contribution is -2.38. The van der Waals surface area contributed by atoms with Crippen molar-refractivity contribution in [1.29, 1.82) is 0 Å². The first kappa shape index (κ1) is 10.7. The molecule has 0 unspecified atom stereocenters. The Kier molecular flexibility index (Phi) is 2.84. The van der Waals surface area contributed by atoms with Crippen molar-refractivity contribution in [3.8, 4) is 0 Å². The van der Waals surface area contributed by atoms with Crippen LogP contribution < -0.4 is 10.6 Å². The number of nitrogens with zero attached hydrogens (tertiary/aromatic N) is 2. The summed E-state index contributed by atoms with van der Waals surface area (Å²) in [4.78, 5) is 2.04. The van der Waals surface area contributed by atoms with Crippen LogP contribution in [0.1, 0.15) is 25.7 Å². The van der Waals surface area contributed by atoms with Crippen molar-refractivity contribution in [2.45, 2.75) is 31.3 Å². The van der Waals surface area contributed by atoms with Gasteiger partial charge in [-0.15, -0.1) is 0 Å². The predicted molar refractivity (Wildman–Crippen MR) is 63.2 cm³/mol. The second-order valence-electron chi connectivity index (χ2n) is 4.38. The Hall–Kier alpha value is -0.810. The molecule has 15 heavy (non-hydrogen) atoms. The molecule has 4 nitrogen and oxygen atoms in total. The number of likely N-dealkylation sites (N-methyl/N-ethyl adjacent to an activating group) is 1. The molecule has 1 fully saturated rings. The predicted octanol–water partition coefficient (Wildman–Crippen LogP) is 1.47. The Balaban J connectivity index is 2.00. The number of hydrogen-bond acceptors (Lipinski definition) is 5. The molecule has 0 amide bonds. The van der Waals surface area contributed by atoms with Gasteiger partial charge in [0.05, 0.1) is 5.60 Å². The largest absolute Gasteiger partial charge is 0.388 e. The van der Waals surface area contributed by atoms with Crippen molar-refractivity contribution in [3.63, 3.8) is 0 Å². The summed E-state index contributed by atoms with van der Waals surface area (Å²) in [5.41, 5.74) is 5.06. The maximum absolute atomic E-state index is 10.2. The second-order valence-corrected chi connectivity index (χ2v) is 5.16. The first-order valence-corrected chi connectivity index (χ1v) is 6.02. The summed E-state index contributed by atoms with van der Waals surface area (Å²) >= 11 is 1.38. The van der Waals surface area contributed by atoms with Crippen LogP contribution in [-0.4, -0.2) is 28.7 Å². The molecule has 0 bridgehead atoms. The number of rotatable bonds is 3. The standard InChI is InChI=1S/C10H17N3OS/c1-13(9-6-8(11)12-15-9)7-10(14)4-2-3-5-10/h6,14H,2-5,7H2,1H3,(H2,11,12). The van der Waals surface area contributed by atoms with Crippen LogP contribution in [0.15, 0.2) is 6.07 Å². The molecule has 1 aromatic rings. The van der Waals surface area contributed by atoms with E-state index < -0.39 is 5.60 Å². The molecule has 0 aliphatic heterocycles. The average Bonchev–Trinajstić information content (AvgIpc) is 2.75. The van der Waals surface area contributed by atoms with E-state index in [1.165, 1.54) is 11.5 Å². The lowest BCUT2D eigenvalue weighted by Gasteiger charge is -2.28. The van der Waals surface area contributed by atoms with Gasteiger partial charge in [-0.05, 0) is 24.4 Å². The fraction of sp³-hybridized carbons (Fsp3) is 0.700. The molecule has 5 heteroatoms. The van der Waals surface area contributed by atoms with Crippen molar-refractivity contribution < 1.29 is 5.11 Å². The van der Waals surface area contributed by atoms with E-state index in [1.54, 1.807) is 0 Å². The summed E-state index contributed by atoms with van der Waals surface area (Å²) in [5, 5.41) is 11.3. The van der Waals surface area contributed by atoms with E-state index in [-0.39, 0.29) is 0 Å². The summed E-state index contributed by atoms with van der Waals surface area (Å²) in [6.45, 7) is 0.675. The molecule has 0 atom stereocenters. The maximum Gasteiger partial charge on any atom is 0.139 e. The van der Waals surface area contributed by atoms with Crippen LogP contribution in [0.4, 0.5) is 10.8 Å². The van der Waals surface area contributed by atoms with Gasteiger partial charge in [0.1, 0.15) is 10.8 Å². The molecule has 0 aromatic carbocycles. The highest BCUT2D eigenvalue weighted by molar-refractivity contribution is 7.10. The van der Waals surface area contributed by atoms with Crippen LogP contribution in [0.3, 0.4) is 0 Å². The van der Waals surface area contributed by atoms with Gasteiger partial charge in [-0.25, -0.2) is 0 Å². The summed E-state index contributed by atoms with van der Waals surface area (Å²) < 4.78 is 4.03. The topological polar surface area (TPSA) is 62.4 Å². The van der Waals surface area contributed by atoms with E-state index in [9.17, 15) is 5.11 Å². The zero-order chi connectivity index (χ0) is 10.9. The van der Waals surface area contributed by atoms with Crippen molar-refractivity contribution in [2.75, 3.05) is 24.2 Å². The van der Waals surface area contributed by atoms with Crippen molar-refractivity contribution in [1.82, 2.24) is 4.37 Å².